The van der Waals surface area contributed by atoms with Gasteiger partial charge in [-0.2, -0.15) is 0 Å². The Morgan fingerprint density at radius 3 is 2.59 bits per heavy atom. The summed E-state index contributed by atoms with van der Waals surface area (Å²) in [4.78, 5) is 15.7. The quantitative estimate of drug-likeness (QED) is 0.780. The highest BCUT2D eigenvalue weighted by Crippen LogP contribution is 2.17. The summed E-state index contributed by atoms with van der Waals surface area (Å²) in [5.41, 5.74) is 6.78. The predicted octanol–water partition coefficient (Wildman–Crippen LogP) is 1.29. The molecule has 3 N–H and O–H groups in total. The second-order valence-corrected chi connectivity index (χ2v) is 4.62. The van der Waals surface area contributed by atoms with Crippen molar-refractivity contribution in [2.45, 2.75) is 26.2 Å². The SMILES string of the molecule is CC(C)CNC(=O)CC(CN)c1ccncc1. The standard InChI is InChI=1S/C13H21N3O/c1-10(2)9-16-13(17)7-12(8-14)11-3-5-15-6-4-11/h3-6,10,12H,7-9,14H2,1-2H3,(H,16,17). The fourth-order valence-corrected chi connectivity index (χ4v) is 1.59. The summed E-state index contributed by atoms with van der Waals surface area (Å²) in [5, 5.41) is 2.91. The van der Waals surface area contributed by atoms with Gasteiger partial charge < -0.3 is 11.1 Å². The van der Waals surface area contributed by atoms with Gasteiger partial charge >= 0.3 is 0 Å². The number of nitrogens with one attached hydrogen (secondary N) is 1. The van der Waals surface area contributed by atoms with E-state index in [-0.39, 0.29) is 11.8 Å². The van der Waals surface area contributed by atoms with Crippen molar-refractivity contribution in [1.82, 2.24) is 10.3 Å². The lowest BCUT2D eigenvalue weighted by Gasteiger charge is -2.15. The van der Waals surface area contributed by atoms with Crippen LogP contribution in [0.3, 0.4) is 0 Å². The normalized spacial score (nSPS) is 12.5. The van der Waals surface area contributed by atoms with Crippen molar-refractivity contribution in [3.63, 3.8) is 0 Å². The van der Waals surface area contributed by atoms with Crippen molar-refractivity contribution in [3.8, 4) is 0 Å². The maximum atomic E-state index is 11.7. The van der Waals surface area contributed by atoms with E-state index < -0.39 is 0 Å². The zero-order valence-corrected chi connectivity index (χ0v) is 10.5. The minimum Gasteiger partial charge on any atom is -0.356 e. The highest BCUT2D eigenvalue weighted by Gasteiger charge is 2.14. The lowest BCUT2D eigenvalue weighted by atomic mass is 9.96. The number of carbonyl (C=O) groups is 1. The van der Waals surface area contributed by atoms with Gasteiger partial charge in [0.2, 0.25) is 5.91 Å². The van der Waals surface area contributed by atoms with E-state index in [0.29, 0.717) is 25.4 Å². The first-order valence-corrected chi connectivity index (χ1v) is 6.00. The molecule has 0 saturated heterocycles. The molecule has 0 aliphatic heterocycles. The molecule has 0 radical (unpaired) electrons. The van der Waals surface area contributed by atoms with Gasteiger partial charge in [-0.25, -0.2) is 0 Å². The number of aromatic nitrogens is 1. The van der Waals surface area contributed by atoms with Crippen molar-refractivity contribution in [2.75, 3.05) is 13.1 Å². The number of nitrogens with two attached hydrogens (primary N) is 1. The molecule has 0 aliphatic rings. The molecule has 1 aromatic heterocycles. The van der Waals surface area contributed by atoms with E-state index >= 15 is 0 Å². The van der Waals surface area contributed by atoms with Crippen LogP contribution in [-0.2, 0) is 4.79 Å². The minimum absolute atomic E-state index is 0.0611. The van der Waals surface area contributed by atoms with Gasteiger partial charge in [0.15, 0.2) is 0 Å². The zero-order valence-electron chi connectivity index (χ0n) is 10.5. The molecule has 94 valence electrons. The fraction of sp³-hybridized carbons (Fsp3) is 0.538. The van der Waals surface area contributed by atoms with E-state index in [4.69, 9.17) is 5.73 Å². The summed E-state index contributed by atoms with van der Waals surface area (Å²) in [6.07, 6.45) is 3.89. The summed E-state index contributed by atoms with van der Waals surface area (Å²) in [5.74, 6) is 0.604. The van der Waals surface area contributed by atoms with Gasteiger partial charge in [0, 0.05) is 31.3 Å². The van der Waals surface area contributed by atoms with Gasteiger partial charge in [0.1, 0.15) is 0 Å². The molecular formula is C13H21N3O. The third kappa shape index (κ3) is 4.95. The molecule has 1 aromatic rings. The van der Waals surface area contributed by atoms with Crippen LogP contribution < -0.4 is 11.1 Å². The molecule has 4 heteroatoms. The molecule has 0 bridgehead atoms. The Morgan fingerprint density at radius 1 is 1.41 bits per heavy atom. The Labute approximate surface area is 103 Å². The van der Waals surface area contributed by atoms with Crippen LogP contribution in [0.4, 0.5) is 0 Å². The van der Waals surface area contributed by atoms with Gasteiger partial charge in [0.05, 0.1) is 0 Å². The number of carbonyl (C=O) groups excluding carboxylic acids is 1. The fourth-order valence-electron chi connectivity index (χ4n) is 1.59. The molecule has 1 atom stereocenters. The first kappa shape index (κ1) is 13.6. The molecule has 0 spiro atoms. The van der Waals surface area contributed by atoms with Gasteiger partial charge in [-0.15, -0.1) is 0 Å². The molecule has 1 amide bonds. The van der Waals surface area contributed by atoms with Crippen LogP contribution in [-0.4, -0.2) is 24.0 Å². The summed E-state index contributed by atoms with van der Waals surface area (Å²) in [6, 6.07) is 3.82. The summed E-state index contributed by atoms with van der Waals surface area (Å²) < 4.78 is 0. The van der Waals surface area contributed by atoms with Crippen LogP contribution in [0.15, 0.2) is 24.5 Å². The number of nitrogens with zero attached hydrogens (tertiary/aromatic N) is 1. The summed E-state index contributed by atoms with van der Waals surface area (Å²) in [7, 11) is 0. The lowest BCUT2D eigenvalue weighted by Crippen LogP contribution is -2.30. The van der Waals surface area contributed by atoms with Crippen molar-refractivity contribution in [2.24, 2.45) is 11.7 Å². The van der Waals surface area contributed by atoms with E-state index in [1.54, 1.807) is 12.4 Å². The Morgan fingerprint density at radius 2 is 2.06 bits per heavy atom. The third-order valence-electron chi connectivity index (χ3n) is 2.60. The van der Waals surface area contributed by atoms with Crippen molar-refractivity contribution in [3.05, 3.63) is 30.1 Å². The minimum atomic E-state index is 0.0611. The molecule has 1 heterocycles. The number of pyridine rings is 1. The van der Waals surface area contributed by atoms with Gasteiger partial charge in [-0.1, -0.05) is 13.8 Å². The van der Waals surface area contributed by atoms with Crippen molar-refractivity contribution in [1.29, 1.82) is 0 Å². The molecule has 0 aliphatic carbocycles. The van der Waals surface area contributed by atoms with Crippen LogP contribution >= 0.6 is 0 Å². The molecule has 17 heavy (non-hydrogen) atoms. The van der Waals surface area contributed by atoms with E-state index in [2.05, 4.69) is 24.1 Å². The van der Waals surface area contributed by atoms with Crippen molar-refractivity contribution >= 4 is 5.91 Å². The number of hydrogen-bond acceptors (Lipinski definition) is 3. The highest BCUT2D eigenvalue weighted by atomic mass is 16.1. The largest absolute Gasteiger partial charge is 0.356 e. The van der Waals surface area contributed by atoms with E-state index in [9.17, 15) is 4.79 Å². The van der Waals surface area contributed by atoms with Gasteiger partial charge in [0.25, 0.3) is 0 Å². The molecule has 1 unspecified atom stereocenters. The second-order valence-electron chi connectivity index (χ2n) is 4.62. The Hall–Kier alpha value is -1.42. The molecular weight excluding hydrogens is 214 g/mol. The molecule has 4 nitrogen and oxygen atoms in total. The number of hydrogen-bond donors (Lipinski definition) is 2. The van der Waals surface area contributed by atoms with Gasteiger partial charge in [-0.3, -0.25) is 9.78 Å². The highest BCUT2D eigenvalue weighted by molar-refractivity contribution is 5.76. The average molecular weight is 235 g/mol. The summed E-state index contributed by atoms with van der Waals surface area (Å²) >= 11 is 0. The van der Waals surface area contributed by atoms with Crippen LogP contribution in [0, 0.1) is 5.92 Å². The monoisotopic (exact) mass is 235 g/mol. The molecule has 1 rings (SSSR count). The maximum Gasteiger partial charge on any atom is 0.220 e. The van der Waals surface area contributed by atoms with Crippen LogP contribution in [0.1, 0.15) is 31.7 Å². The van der Waals surface area contributed by atoms with E-state index in [0.717, 1.165) is 5.56 Å². The van der Waals surface area contributed by atoms with E-state index in [1.165, 1.54) is 0 Å². The average Bonchev–Trinajstić information content (AvgIpc) is 2.34. The Kier molecular flexibility index (Phi) is 5.63. The topological polar surface area (TPSA) is 68.0 Å². The van der Waals surface area contributed by atoms with Crippen LogP contribution in [0.5, 0.6) is 0 Å². The number of rotatable bonds is 6. The third-order valence-corrected chi connectivity index (χ3v) is 2.60. The predicted molar refractivity (Wildman–Crippen MR) is 68.5 cm³/mol. The molecule has 0 aromatic carbocycles. The lowest BCUT2D eigenvalue weighted by molar-refractivity contribution is -0.121. The van der Waals surface area contributed by atoms with Gasteiger partial charge in [-0.05, 0) is 30.2 Å². The first-order chi connectivity index (χ1) is 8.13. The smallest absolute Gasteiger partial charge is 0.220 e. The number of amides is 1. The summed E-state index contributed by atoms with van der Waals surface area (Å²) in [6.45, 7) is 5.33. The molecule has 0 saturated carbocycles. The maximum absolute atomic E-state index is 11.7. The molecule has 0 fully saturated rings. The Balaban J connectivity index is 2.50. The first-order valence-electron chi connectivity index (χ1n) is 6.00. The van der Waals surface area contributed by atoms with Crippen molar-refractivity contribution < 1.29 is 4.79 Å². The van der Waals surface area contributed by atoms with E-state index in [1.807, 2.05) is 12.1 Å². The van der Waals surface area contributed by atoms with Crippen LogP contribution in [0.2, 0.25) is 0 Å². The Bertz CT molecular complexity index is 338. The zero-order chi connectivity index (χ0) is 12.7. The second kappa shape index (κ2) is 7.01. The van der Waals surface area contributed by atoms with Crippen LogP contribution in [0.25, 0.3) is 0 Å².